The highest BCUT2D eigenvalue weighted by Crippen LogP contribution is 2.36. The topological polar surface area (TPSA) is 47.6 Å². The number of carbonyl (C=O) groups is 1. The maximum Gasteiger partial charge on any atom is 0.338 e. The maximum atomic E-state index is 11.8. The van der Waals surface area contributed by atoms with E-state index in [1.807, 2.05) is 32.0 Å². The normalized spacial score (nSPS) is 17.0. The molecule has 0 atom stereocenters. The molecule has 0 radical (unpaired) electrons. The van der Waals surface area contributed by atoms with Gasteiger partial charge in [-0.15, -0.1) is 0 Å². The van der Waals surface area contributed by atoms with E-state index in [0.717, 1.165) is 5.56 Å². The summed E-state index contributed by atoms with van der Waals surface area (Å²) >= 11 is 1.72. The largest absolute Gasteiger partial charge is 0.462 e. The molecule has 1 N–H and O–H groups in total. The van der Waals surface area contributed by atoms with Crippen molar-refractivity contribution in [3.05, 3.63) is 34.9 Å². The van der Waals surface area contributed by atoms with Gasteiger partial charge in [0.2, 0.25) is 0 Å². The van der Waals surface area contributed by atoms with Crippen LogP contribution >= 0.6 is 11.9 Å². The van der Waals surface area contributed by atoms with Crippen molar-refractivity contribution < 1.29 is 14.3 Å². The first-order valence-electron chi connectivity index (χ1n) is 7.58. The molecule has 0 spiro atoms. The van der Waals surface area contributed by atoms with Crippen molar-refractivity contribution in [3.8, 4) is 0 Å². The molecule has 0 amide bonds. The van der Waals surface area contributed by atoms with Gasteiger partial charge in [-0.1, -0.05) is 18.0 Å². The predicted octanol–water partition coefficient (Wildman–Crippen LogP) is 3.43. The average Bonchev–Trinajstić information content (AvgIpc) is 2.38. The highest BCUT2D eigenvalue weighted by atomic mass is 32.2. The Morgan fingerprint density at radius 3 is 2.55 bits per heavy atom. The second-order valence-corrected chi connectivity index (χ2v) is 8.27. The zero-order valence-electron chi connectivity index (χ0n) is 14.0. The van der Waals surface area contributed by atoms with E-state index < -0.39 is 0 Å². The van der Waals surface area contributed by atoms with Gasteiger partial charge in [-0.25, -0.2) is 9.52 Å². The fourth-order valence-electron chi connectivity index (χ4n) is 2.37. The molecule has 1 heterocycles. The first-order chi connectivity index (χ1) is 10.3. The van der Waals surface area contributed by atoms with Gasteiger partial charge in [0.1, 0.15) is 0 Å². The number of hydrogen-bond acceptors (Lipinski definition) is 5. The summed E-state index contributed by atoms with van der Waals surface area (Å²) in [6.45, 7) is 12.1. The van der Waals surface area contributed by atoms with Crippen molar-refractivity contribution in [2.24, 2.45) is 0 Å². The van der Waals surface area contributed by atoms with Crippen LogP contribution in [0, 0.1) is 6.92 Å². The molecule has 1 aliphatic heterocycles. The van der Waals surface area contributed by atoms with Crippen molar-refractivity contribution in [1.82, 2.24) is 4.72 Å². The fourth-order valence-corrected chi connectivity index (χ4v) is 3.10. The van der Waals surface area contributed by atoms with E-state index in [-0.39, 0.29) is 16.3 Å². The lowest BCUT2D eigenvalue weighted by Crippen LogP contribution is -2.56. The van der Waals surface area contributed by atoms with Crippen LogP contribution in [0.4, 0.5) is 0 Å². The molecule has 1 aromatic carbocycles. The van der Waals surface area contributed by atoms with Gasteiger partial charge in [-0.2, -0.15) is 0 Å². The molecule has 1 aliphatic rings. The Bertz CT molecular complexity index is 547. The Kier molecular flexibility index (Phi) is 5.20. The van der Waals surface area contributed by atoms with Crippen LogP contribution in [0.25, 0.3) is 0 Å². The molecule has 1 saturated heterocycles. The number of aryl methyl sites for hydroxylation is 1. The molecule has 122 valence electrons. The van der Waals surface area contributed by atoms with E-state index in [1.165, 1.54) is 5.56 Å². The first-order valence-corrected chi connectivity index (χ1v) is 8.40. The molecule has 1 aromatic rings. The average molecular weight is 323 g/mol. The Labute approximate surface area is 137 Å². The van der Waals surface area contributed by atoms with Crippen LogP contribution in [0.2, 0.25) is 0 Å². The van der Waals surface area contributed by atoms with E-state index >= 15 is 0 Å². The summed E-state index contributed by atoms with van der Waals surface area (Å²) in [4.78, 5) is 11.8. The van der Waals surface area contributed by atoms with E-state index in [4.69, 9.17) is 9.47 Å². The van der Waals surface area contributed by atoms with Gasteiger partial charge < -0.3 is 9.47 Å². The molecule has 22 heavy (non-hydrogen) atoms. The summed E-state index contributed by atoms with van der Waals surface area (Å²) in [5, 5.41) is 0. The third-order valence-corrected chi connectivity index (χ3v) is 4.61. The Morgan fingerprint density at radius 1 is 1.41 bits per heavy atom. The monoisotopic (exact) mass is 323 g/mol. The van der Waals surface area contributed by atoms with Gasteiger partial charge in [0.15, 0.2) is 0 Å². The number of hydrogen-bond donors (Lipinski definition) is 1. The smallest absolute Gasteiger partial charge is 0.338 e. The summed E-state index contributed by atoms with van der Waals surface area (Å²) in [6, 6.07) is 5.75. The van der Waals surface area contributed by atoms with Crippen molar-refractivity contribution in [3.63, 3.8) is 0 Å². The minimum absolute atomic E-state index is 0.126. The maximum absolute atomic E-state index is 11.8. The van der Waals surface area contributed by atoms with E-state index in [0.29, 0.717) is 25.4 Å². The van der Waals surface area contributed by atoms with Crippen molar-refractivity contribution in [2.75, 3.05) is 19.8 Å². The quantitative estimate of drug-likeness (QED) is 0.664. The van der Waals surface area contributed by atoms with Crippen molar-refractivity contribution >= 4 is 17.9 Å². The highest BCUT2D eigenvalue weighted by molar-refractivity contribution is 7.98. The Morgan fingerprint density at radius 2 is 2.09 bits per heavy atom. The van der Waals surface area contributed by atoms with Crippen LogP contribution < -0.4 is 4.72 Å². The summed E-state index contributed by atoms with van der Waals surface area (Å²) in [7, 11) is 0. The van der Waals surface area contributed by atoms with E-state index in [1.54, 1.807) is 11.9 Å². The number of nitrogens with one attached hydrogen (secondary N) is 1. The van der Waals surface area contributed by atoms with Gasteiger partial charge in [0.25, 0.3) is 0 Å². The third kappa shape index (κ3) is 3.83. The number of benzene rings is 1. The van der Waals surface area contributed by atoms with Gasteiger partial charge in [0, 0.05) is 4.75 Å². The van der Waals surface area contributed by atoms with Crippen LogP contribution in [0.3, 0.4) is 0 Å². The fraction of sp³-hybridized carbons (Fsp3) is 0.588. The molecule has 0 saturated carbocycles. The van der Waals surface area contributed by atoms with Gasteiger partial charge >= 0.3 is 5.97 Å². The summed E-state index contributed by atoms with van der Waals surface area (Å²) in [6.07, 6.45) is 0. The van der Waals surface area contributed by atoms with Crippen molar-refractivity contribution in [1.29, 1.82) is 0 Å². The summed E-state index contributed by atoms with van der Waals surface area (Å²) in [5.41, 5.74) is 2.69. The minimum atomic E-state index is -0.270. The van der Waals surface area contributed by atoms with Crippen LogP contribution in [0.1, 0.15) is 49.2 Å². The molecular formula is C17H25NO3S. The van der Waals surface area contributed by atoms with Crippen LogP contribution in [0.15, 0.2) is 18.2 Å². The Balaban J connectivity index is 2.21. The van der Waals surface area contributed by atoms with Gasteiger partial charge in [-0.3, -0.25) is 0 Å². The number of rotatable bonds is 5. The number of carbonyl (C=O) groups excluding carboxylic acids is 1. The molecule has 0 bridgehead atoms. The van der Waals surface area contributed by atoms with E-state index in [9.17, 15) is 4.79 Å². The van der Waals surface area contributed by atoms with Gasteiger partial charge in [-0.05, 0) is 57.9 Å². The van der Waals surface area contributed by atoms with E-state index in [2.05, 4.69) is 25.5 Å². The second-order valence-electron chi connectivity index (χ2n) is 6.64. The zero-order chi connectivity index (χ0) is 16.4. The molecule has 2 rings (SSSR count). The number of ether oxygens (including phenoxy) is 2. The van der Waals surface area contributed by atoms with Crippen LogP contribution in [-0.2, 0) is 15.0 Å². The predicted molar refractivity (Wildman–Crippen MR) is 90.1 cm³/mol. The lowest BCUT2D eigenvalue weighted by molar-refractivity contribution is -0.0655. The Hall–Kier alpha value is -1.04. The molecule has 0 aliphatic carbocycles. The lowest BCUT2D eigenvalue weighted by atomic mass is 9.85. The second kappa shape index (κ2) is 6.60. The zero-order valence-corrected chi connectivity index (χ0v) is 14.8. The van der Waals surface area contributed by atoms with Crippen LogP contribution in [0.5, 0.6) is 0 Å². The molecule has 4 nitrogen and oxygen atoms in total. The standard InChI is InChI=1S/C17H25NO3S/c1-6-21-15(19)13-7-8-14(12(2)9-13)17(10-20-11-17)18-22-16(3,4)5/h7-9,18H,6,10-11H2,1-5H3. The molecule has 5 heteroatoms. The summed E-state index contributed by atoms with van der Waals surface area (Å²) < 4.78 is 14.2. The summed E-state index contributed by atoms with van der Waals surface area (Å²) in [5.74, 6) is -0.270. The SMILES string of the molecule is CCOC(=O)c1ccc(C2(NSC(C)(C)C)COC2)c(C)c1. The number of esters is 1. The molecule has 1 fully saturated rings. The third-order valence-electron chi connectivity index (χ3n) is 3.50. The molecule has 0 aromatic heterocycles. The van der Waals surface area contributed by atoms with Crippen LogP contribution in [-0.4, -0.2) is 30.5 Å². The minimum Gasteiger partial charge on any atom is -0.462 e. The molecule has 0 unspecified atom stereocenters. The lowest BCUT2D eigenvalue weighted by Gasteiger charge is -2.44. The van der Waals surface area contributed by atoms with Gasteiger partial charge in [0.05, 0.1) is 30.9 Å². The first kappa shape index (κ1) is 17.3. The van der Waals surface area contributed by atoms with Crippen molar-refractivity contribution in [2.45, 2.75) is 44.9 Å². The molecular weight excluding hydrogens is 298 g/mol. The highest BCUT2D eigenvalue weighted by Gasteiger charge is 2.42.